The predicted molar refractivity (Wildman–Crippen MR) is 119 cm³/mol. The number of ether oxygens (including phenoxy) is 1. The van der Waals surface area contributed by atoms with Gasteiger partial charge < -0.3 is 15.2 Å². The van der Waals surface area contributed by atoms with E-state index in [9.17, 15) is 14.7 Å². The van der Waals surface area contributed by atoms with Gasteiger partial charge in [-0.3, -0.25) is 4.79 Å². The zero-order chi connectivity index (χ0) is 20.6. The summed E-state index contributed by atoms with van der Waals surface area (Å²) in [5.74, 6) is -1.02. The molecule has 0 radical (unpaired) electrons. The second-order valence-corrected chi connectivity index (χ2v) is 7.29. The third kappa shape index (κ3) is 5.92. The van der Waals surface area contributed by atoms with Crippen LogP contribution in [0.2, 0.25) is 0 Å². The number of nitrogens with one attached hydrogen (secondary N) is 1. The number of carbonyl (C=O) groups is 2. The summed E-state index contributed by atoms with van der Waals surface area (Å²) in [4.78, 5) is 23.7. The zero-order valence-electron chi connectivity index (χ0n) is 15.3. The summed E-state index contributed by atoms with van der Waals surface area (Å²) in [6.45, 7) is 0.446. The fourth-order valence-electron chi connectivity index (χ4n) is 2.54. The highest BCUT2D eigenvalue weighted by Gasteiger charge is 2.13. The van der Waals surface area contributed by atoms with Crippen LogP contribution in [0.25, 0.3) is 6.08 Å². The minimum Gasteiger partial charge on any atom is -0.489 e. The summed E-state index contributed by atoms with van der Waals surface area (Å²) in [5.41, 5.74) is 1.91. The van der Waals surface area contributed by atoms with E-state index in [0.717, 1.165) is 9.13 Å². The van der Waals surface area contributed by atoms with Crippen LogP contribution >= 0.6 is 22.6 Å². The molecule has 1 amide bonds. The lowest BCUT2D eigenvalue weighted by atomic mass is 10.1. The maximum atomic E-state index is 12.2. The first-order chi connectivity index (χ1) is 14.0. The Morgan fingerprint density at radius 3 is 2.24 bits per heavy atom. The maximum absolute atomic E-state index is 12.2. The highest BCUT2D eigenvalue weighted by molar-refractivity contribution is 14.1. The number of carbonyl (C=O) groups excluding carboxylic acids is 1. The average Bonchev–Trinajstić information content (AvgIpc) is 2.74. The highest BCUT2D eigenvalue weighted by atomic mass is 127. The predicted octanol–water partition coefficient (Wildman–Crippen LogP) is 4.73. The minimum absolute atomic E-state index is 0.202. The third-order valence-electron chi connectivity index (χ3n) is 4.06. The van der Waals surface area contributed by atoms with Gasteiger partial charge in [-0.1, -0.05) is 48.5 Å². The molecule has 0 atom stereocenters. The molecule has 5 nitrogen and oxygen atoms in total. The average molecular weight is 499 g/mol. The van der Waals surface area contributed by atoms with E-state index >= 15 is 0 Å². The third-order valence-corrected chi connectivity index (χ3v) is 5.11. The molecule has 0 aliphatic heterocycles. The van der Waals surface area contributed by atoms with Gasteiger partial charge in [-0.25, -0.2) is 4.79 Å². The number of carboxylic acid groups (broad SMARTS) is 1. The van der Waals surface area contributed by atoms with Crippen molar-refractivity contribution >= 4 is 40.5 Å². The standard InChI is InChI=1S/C23H18INO4/c24-20-9-5-4-8-18(20)15-29-19-12-10-16(11-13-19)14-21(23(27)28)25-22(26)17-6-2-1-3-7-17/h1-14H,15H2,(H,25,26)(H,27,28). The largest absolute Gasteiger partial charge is 0.489 e. The van der Waals surface area contributed by atoms with Gasteiger partial charge in [0.2, 0.25) is 0 Å². The Bertz CT molecular complexity index is 1030. The van der Waals surface area contributed by atoms with E-state index in [-0.39, 0.29) is 5.70 Å². The Labute approximate surface area is 182 Å². The van der Waals surface area contributed by atoms with Crippen molar-refractivity contribution in [1.29, 1.82) is 0 Å². The topological polar surface area (TPSA) is 75.6 Å². The number of rotatable bonds is 7. The monoisotopic (exact) mass is 499 g/mol. The summed E-state index contributed by atoms with van der Waals surface area (Å²) in [5, 5.41) is 11.9. The van der Waals surface area contributed by atoms with Gasteiger partial charge >= 0.3 is 5.97 Å². The van der Waals surface area contributed by atoms with Crippen molar-refractivity contribution in [2.24, 2.45) is 0 Å². The maximum Gasteiger partial charge on any atom is 0.352 e. The van der Waals surface area contributed by atoms with E-state index in [4.69, 9.17) is 4.74 Å². The second kappa shape index (κ2) is 9.88. The van der Waals surface area contributed by atoms with Gasteiger partial charge in [0.05, 0.1) is 0 Å². The first-order valence-electron chi connectivity index (χ1n) is 8.80. The fraction of sp³-hybridized carbons (Fsp3) is 0.0435. The number of benzene rings is 3. The molecule has 0 saturated carbocycles. The molecule has 0 fully saturated rings. The molecule has 0 heterocycles. The van der Waals surface area contributed by atoms with Crippen molar-refractivity contribution in [3.05, 3.63) is 105 Å². The van der Waals surface area contributed by atoms with Crippen LogP contribution in [-0.2, 0) is 11.4 Å². The van der Waals surface area contributed by atoms with Crippen LogP contribution in [0.4, 0.5) is 0 Å². The van der Waals surface area contributed by atoms with Crippen molar-refractivity contribution in [2.45, 2.75) is 6.61 Å². The molecule has 6 heteroatoms. The molecule has 29 heavy (non-hydrogen) atoms. The van der Waals surface area contributed by atoms with Gasteiger partial charge in [0.1, 0.15) is 18.1 Å². The first-order valence-corrected chi connectivity index (χ1v) is 9.88. The summed E-state index contributed by atoms with van der Waals surface area (Å²) < 4.78 is 6.92. The van der Waals surface area contributed by atoms with Crippen LogP contribution in [0.5, 0.6) is 5.75 Å². The van der Waals surface area contributed by atoms with E-state index < -0.39 is 11.9 Å². The molecule has 0 aliphatic rings. The molecule has 3 aromatic carbocycles. The van der Waals surface area contributed by atoms with Crippen molar-refractivity contribution in [3.8, 4) is 5.75 Å². The van der Waals surface area contributed by atoms with E-state index in [0.29, 0.717) is 23.5 Å². The van der Waals surface area contributed by atoms with Crippen molar-refractivity contribution < 1.29 is 19.4 Å². The number of hydrogen-bond acceptors (Lipinski definition) is 3. The number of aliphatic carboxylic acids is 1. The van der Waals surface area contributed by atoms with Crippen molar-refractivity contribution in [1.82, 2.24) is 5.32 Å². The van der Waals surface area contributed by atoms with Gasteiger partial charge in [-0.2, -0.15) is 0 Å². The molecule has 0 saturated heterocycles. The van der Waals surface area contributed by atoms with Gasteiger partial charge in [-0.05, 0) is 64.6 Å². The number of amides is 1. The summed E-state index contributed by atoms with van der Waals surface area (Å²) >= 11 is 2.26. The lowest BCUT2D eigenvalue weighted by Gasteiger charge is -2.09. The molecule has 0 unspecified atom stereocenters. The van der Waals surface area contributed by atoms with Crippen LogP contribution in [0.1, 0.15) is 21.5 Å². The Morgan fingerprint density at radius 2 is 1.59 bits per heavy atom. The van der Waals surface area contributed by atoms with Crippen molar-refractivity contribution in [3.63, 3.8) is 0 Å². The highest BCUT2D eigenvalue weighted by Crippen LogP contribution is 2.18. The SMILES string of the molecule is O=C(O)C(=Cc1ccc(OCc2ccccc2I)cc1)NC(=O)c1ccccc1. The van der Waals surface area contributed by atoms with E-state index in [1.54, 1.807) is 54.6 Å². The lowest BCUT2D eigenvalue weighted by Crippen LogP contribution is -2.27. The van der Waals surface area contributed by atoms with Gasteiger partial charge in [0.15, 0.2) is 0 Å². The Kier molecular flexibility index (Phi) is 7.02. The molecule has 0 aromatic heterocycles. The second-order valence-electron chi connectivity index (χ2n) is 6.13. The van der Waals surface area contributed by atoms with E-state index in [2.05, 4.69) is 27.9 Å². The van der Waals surface area contributed by atoms with E-state index in [1.165, 1.54) is 6.08 Å². The molecule has 3 rings (SSSR count). The van der Waals surface area contributed by atoms with Gasteiger partial charge in [-0.15, -0.1) is 0 Å². The van der Waals surface area contributed by atoms with Crippen LogP contribution in [0, 0.1) is 3.57 Å². The Hall–Kier alpha value is -3.13. The smallest absolute Gasteiger partial charge is 0.352 e. The Balaban J connectivity index is 1.68. The molecular formula is C23H18INO4. The summed E-state index contributed by atoms with van der Waals surface area (Å²) in [6.07, 6.45) is 1.41. The normalized spacial score (nSPS) is 11.0. The molecule has 3 aromatic rings. The summed E-state index contributed by atoms with van der Waals surface area (Å²) in [7, 11) is 0. The number of halogens is 1. The number of hydrogen-bond donors (Lipinski definition) is 2. The first kappa shape index (κ1) is 20.6. The molecule has 0 spiro atoms. The van der Waals surface area contributed by atoms with Crippen molar-refractivity contribution in [2.75, 3.05) is 0 Å². The van der Waals surface area contributed by atoms with Gasteiger partial charge in [0.25, 0.3) is 5.91 Å². The summed E-state index contributed by atoms with van der Waals surface area (Å²) in [6, 6.07) is 23.4. The van der Waals surface area contributed by atoms with Crippen LogP contribution in [0.3, 0.4) is 0 Å². The fourth-order valence-corrected chi connectivity index (χ4v) is 3.08. The molecule has 0 aliphatic carbocycles. The molecule has 146 valence electrons. The zero-order valence-corrected chi connectivity index (χ0v) is 17.5. The quantitative estimate of drug-likeness (QED) is 0.364. The van der Waals surface area contributed by atoms with Crippen LogP contribution < -0.4 is 10.1 Å². The number of carboxylic acids is 1. The molecular weight excluding hydrogens is 481 g/mol. The van der Waals surface area contributed by atoms with Gasteiger partial charge in [0, 0.05) is 14.7 Å². The molecule has 0 bridgehead atoms. The van der Waals surface area contributed by atoms with E-state index in [1.807, 2.05) is 24.3 Å². The lowest BCUT2D eigenvalue weighted by molar-refractivity contribution is -0.132. The van der Waals surface area contributed by atoms with Crippen LogP contribution in [0.15, 0.2) is 84.6 Å². The van der Waals surface area contributed by atoms with Crippen LogP contribution in [-0.4, -0.2) is 17.0 Å². The minimum atomic E-state index is -1.21. The molecule has 2 N–H and O–H groups in total. The Morgan fingerprint density at radius 1 is 0.931 bits per heavy atom.